The Balaban J connectivity index is 1.79. The van der Waals surface area contributed by atoms with Gasteiger partial charge in [0.05, 0.1) is 18.2 Å². The number of nitrogens with one attached hydrogen (secondary N) is 1. The van der Waals surface area contributed by atoms with Gasteiger partial charge in [-0.25, -0.2) is 9.37 Å². The summed E-state index contributed by atoms with van der Waals surface area (Å²) in [5.41, 5.74) is 2.78. The van der Waals surface area contributed by atoms with Crippen LogP contribution in [0.3, 0.4) is 0 Å². The second-order valence-electron chi connectivity index (χ2n) is 4.38. The quantitative estimate of drug-likeness (QED) is 0.781. The van der Waals surface area contributed by atoms with Crippen LogP contribution in [0.4, 0.5) is 4.39 Å². The predicted octanol–water partition coefficient (Wildman–Crippen LogP) is 3.79. The molecule has 100 valence electrons. The summed E-state index contributed by atoms with van der Waals surface area (Å²) in [4.78, 5) is 7.07. The van der Waals surface area contributed by atoms with E-state index in [1.54, 1.807) is 24.7 Å². The smallest absolute Gasteiger partial charge is 0.129 e. The van der Waals surface area contributed by atoms with Gasteiger partial charge in [0.2, 0.25) is 0 Å². The molecule has 1 aromatic heterocycles. The summed E-state index contributed by atoms with van der Waals surface area (Å²) in [7, 11) is 0. The maximum Gasteiger partial charge on any atom is 0.129 e. The summed E-state index contributed by atoms with van der Waals surface area (Å²) in [6.07, 6.45) is 3.38. The second-order valence-corrected chi connectivity index (χ2v) is 4.38. The van der Waals surface area contributed by atoms with Gasteiger partial charge in [-0.05, 0) is 29.8 Å². The lowest BCUT2D eigenvalue weighted by molar-refractivity contribution is 0.307. The molecule has 0 amide bonds. The SMILES string of the molecule is Fc1ccc(COc2ccccc2-c2cnc[nH]2)cc1. The number of para-hydroxylation sites is 1. The molecule has 0 bridgehead atoms. The Morgan fingerprint density at radius 2 is 1.85 bits per heavy atom. The van der Waals surface area contributed by atoms with Crippen LogP contribution in [0.2, 0.25) is 0 Å². The number of rotatable bonds is 4. The molecule has 0 saturated carbocycles. The lowest BCUT2D eigenvalue weighted by atomic mass is 10.1. The molecule has 0 radical (unpaired) electrons. The number of ether oxygens (including phenoxy) is 1. The minimum Gasteiger partial charge on any atom is -0.488 e. The number of hydrogen-bond donors (Lipinski definition) is 1. The Hall–Kier alpha value is -2.62. The summed E-state index contributed by atoms with van der Waals surface area (Å²) in [6.45, 7) is 0.394. The van der Waals surface area contributed by atoms with Crippen molar-refractivity contribution in [2.75, 3.05) is 0 Å². The summed E-state index contributed by atoms with van der Waals surface area (Å²) >= 11 is 0. The van der Waals surface area contributed by atoms with Gasteiger partial charge in [0.25, 0.3) is 0 Å². The second kappa shape index (κ2) is 5.57. The van der Waals surface area contributed by atoms with E-state index in [9.17, 15) is 4.39 Å². The summed E-state index contributed by atoms with van der Waals surface area (Å²) in [6, 6.07) is 14.0. The third-order valence-electron chi connectivity index (χ3n) is 2.98. The van der Waals surface area contributed by atoms with Gasteiger partial charge in [-0.2, -0.15) is 0 Å². The van der Waals surface area contributed by atoms with Crippen LogP contribution in [-0.2, 0) is 6.61 Å². The van der Waals surface area contributed by atoms with Crippen molar-refractivity contribution in [1.29, 1.82) is 0 Å². The lowest BCUT2D eigenvalue weighted by Gasteiger charge is -2.10. The average Bonchev–Trinajstić information content (AvgIpc) is 3.01. The van der Waals surface area contributed by atoms with E-state index in [0.717, 1.165) is 22.6 Å². The van der Waals surface area contributed by atoms with Gasteiger partial charge in [0.15, 0.2) is 0 Å². The van der Waals surface area contributed by atoms with Crippen molar-refractivity contribution in [3.63, 3.8) is 0 Å². The Morgan fingerprint density at radius 1 is 1.05 bits per heavy atom. The predicted molar refractivity (Wildman–Crippen MR) is 74.8 cm³/mol. The fourth-order valence-electron chi connectivity index (χ4n) is 1.96. The van der Waals surface area contributed by atoms with Crippen LogP contribution < -0.4 is 4.74 Å². The molecular formula is C16H13FN2O. The molecule has 3 nitrogen and oxygen atoms in total. The summed E-state index contributed by atoms with van der Waals surface area (Å²) in [5.74, 6) is 0.521. The monoisotopic (exact) mass is 268 g/mol. The first-order valence-corrected chi connectivity index (χ1v) is 6.28. The molecule has 20 heavy (non-hydrogen) atoms. The fraction of sp³-hybridized carbons (Fsp3) is 0.0625. The van der Waals surface area contributed by atoms with E-state index in [4.69, 9.17) is 4.74 Å². The van der Waals surface area contributed by atoms with Gasteiger partial charge in [0.1, 0.15) is 18.2 Å². The Kier molecular flexibility index (Phi) is 3.46. The number of halogens is 1. The number of hydrogen-bond acceptors (Lipinski definition) is 2. The van der Waals surface area contributed by atoms with Crippen molar-refractivity contribution >= 4 is 0 Å². The minimum absolute atomic E-state index is 0.244. The first-order chi connectivity index (χ1) is 9.83. The molecule has 3 aromatic rings. The number of benzene rings is 2. The highest BCUT2D eigenvalue weighted by Crippen LogP contribution is 2.28. The third-order valence-corrected chi connectivity index (χ3v) is 2.98. The topological polar surface area (TPSA) is 37.9 Å². The molecule has 0 saturated heterocycles. The molecule has 1 N–H and O–H groups in total. The number of aromatic nitrogens is 2. The van der Waals surface area contributed by atoms with E-state index >= 15 is 0 Å². The molecular weight excluding hydrogens is 255 g/mol. The van der Waals surface area contributed by atoms with Gasteiger partial charge in [-0.15, -0.1) is 0 Å². The molecule has 0 fully saturated rings. The van der Waals surface area contributed by atoms with Crippen molar-refractivity contribution < 1.29 is 9.13 Å². The van der Waals surface area contributed by atoms with Crippen LogP contribution in [0.5, 0.6) is 5.75 Å². The molecule has 1 heterocycles. The van der Waals surface area contributed by atoms with Crippen LogP contribution in [-0.4, -0.2) is 9.97 Å². The minimum atomic E-state index is -0.244. The molecule has 0 unspecified atom stereocenters. The number of aromatic amines is 1. The zero-order valence-electron chi connectivity index (χ0n) is 10.7. The molecule has 0 aliphatic heterocycles. The highest BCUT2D eigenvalue weighted by Gasteiger charge is 2.07. The largest absolute Gasteiger partial charge is 0.488 e. The van der Waals surface area contributed by atoms with E-state index in [-0.39, 0.29) is 5.82 Å². The maximum absolute atomic E-state index is 12.8. The molecule has 0 spiro atoms. The standard InChI is InChI=1S/C16H13FN2O/c17-13-7-5-12(6-8-13)10-20-16-4-2-1-3-14(16)15-9-18-11-19-15/h1-9,11H,10H2,(H,18,19). The fourth-order valence-corrected chi connectivity index (χ4v) is 1.96. The third kappa shape index (κ3) is 2.69. The molecule has 0 aliphatic carbocycles. The highest BCUT2D eigenvalue weighted by atomic mass is 19.1. The Morgan fingerprint density at radius 3 is 2.60 bits per heavy atom. The van der Waals surface area contributed by atoms with Gasteiger partial charge in [-0.1, -0.05) is 24.3 Å². The van der Waals surface area contributed by atoms with Gasteiger partial charge in [-0.3, -0.25) is 0 Å². The number of nitrogens with zero attached hydrogens (tertiary/aromatic N) is 1. The average molecular weight is 268 g/mol. The van der Waals surface area contributed by atoms with Crippen LogP contribution in [0.25, 0.3) is 11.3 Å². The summed E-state index contributed by atoms with van der Waals surface area (Å²) < 4.78 is 18.7. The van der Waals surface area contributed by atoms with Gasteiger partial charge < -0.3 is 9.72 Å². The molecule has 4 heteroatoms. The van der Waals surface area contributed by atoms with Crippen LogP contribution in [0, 0.1) is 5.82 Å². The summed E-state index contributed by atoms with van der Waals surface area (Å²) in [5, 5.41) is 0. The van der Waals surface area contributed by atoms with Crippen molar-refractivity contribution in [2.24, 2.45) is 0 Å². The molecule has 3 rings (SSSR count). The highest BCUT2D eigenvalue weighted by molar-refractivity contribution is 5.66. The van der Waals surface area contributed by atoms with Crippen LogP contribution >= 0.6 is 0 Å². The Bertz CT molecular complexity index is 678. The van der Waals surface area contributed by atoms with Gasteiger partial charge in [0, 0.05) is 5.56 Å². The van der Waals surface area contributed by atoms with Crippen LogP contribution in [0.1, 0.15) is 5.56 Å². The number of imidazole rings is 1. The molecule has 0 aliphatic rings. The van der Waals surface area contributed by atoms with E-state index in [2.05, 4.69) is 9.97 Å². The first-order valence-electron chi connectivity index (χ1n) is 6.28. The van der Waals surface area contributed by atoms with Crippen molar-refractivity contribution in [3.05, 3.63) is 72.4 Å². The van der Waals surface area contributed by atoms with Crippen LogP contribution in [0.15, 0.2) is 61.1 Å². The van der Waals surface area contributed by atoms with E-state index in [1.807, 2.05) is 24.3 Å². The normalized spacial score (nSPS) is 10.4. The molecule has 0 atom stereocenters. The lowest BCUT2D eigenvalue weighted by Crippen LogP contribution is -1.97. The maximum atomic E-state index is 12.8. The van der Waals surface area contributed by atoms with E-state index < -0.39 is 0 Å². The van der Waals surface area contributed by atoms with E-state index in [1.165, 1.54) is 12.1 Å². The Labute approximate surface area is 116 Å². The zero-order chi connectivity index (χ0) is 13.8. The van der Waals surface area contributed by atoms with Crippen molar-refractivity contribution in [2.45, 2.75) is 6.61 Å². The van der Waals surface area contributed by atoms with E-state index in [0.29, 0.717) is 6.61 Å². The zero-order valence-corrected chi connectivity index (χ0v) is 10.7. The molecule has 2 aromatic carbocycles. The first kappa shape index (κ1) is 12.4. The number of H-pyrrole nitrogens is 1. The van der Waals surface area contributed by atoms with Crippen molar-refractivity contribution in [1.82, 2.24) is 9.97 Å². The van der Waals surface area contributed by atoms with Gasteiger partial charge >= 0.3 is 0 Å². The van der Waals surface area contributed by atoms with Crippen molar-refractivity contribution in [3.8, 4) is 17.0 Å².